The summed E-state index contributed by atoms with van der Waals surface area (Å²) in [6, 6.07) is 2.98. The summed E-state index contributed by atoms with van der Waals surface area (Å²) < 4.78 is 31.4. The van der Waals surface area contributed by atoms with Crippen molar-refractivity contribution in [1.82, 2.24) is 9.29 Å². The lowest BCUT2D eigenvalue weighted by atomic mass is 9.99. The van der Waals surface area contributed by atoms with Gasteiger partial charge in [-0.1, -0.05) is 11.6 Å². The van der Waals surface area contributed by atoms with E-state index in [0.29, 0.717) is 25.6 Å². The van der Waals surface area contributed by atoms with Gasteiger partial charge in [-0.25, -0.2) is 13.4 Å². The van der Waals surface area contributed by atoms with Crippen LogP contribution in [0.1, 0.15) is 12.8 Å². The van der Waals surface area contributed by atoms with Gasteiger partial charge in [0.05, 0.1) is 0 Å². The first-order valence-corrected chi connectivity index (χ1v) is 7.96. The maximum absolute atomic E-state index is 12.4. The molecule has 1 aliphatic rings. The Hall–Kier alpha value is -0.690. The fraction of sp³-hybridized carbons (Fsp3) is 0.583. The summed E-state index contributed by atoms with van der Waals surface area (Å²) in [6.45, 7) is 1.74. The van der Waals surface area contributed by atoms with E-state index in [-0.39, 0.29) is 10.0 Å². The van der Waals surface area contributed by atoms with Crippen molar-refractivity contribution in [3.8, 4) is 0 Å². The Morgan fingerprint density at radius 2 is 2.11 bits per heavy atom. The number of hydrogen-bond acceptors (Lipinski definition) is 4. The minimum absolute atomic E-state index is 0.196. The molecule has 1 aliphatic heterocycles. The highest BCUT2D eigenvalue weighted by molar-refractivity contribution is 7.89. The zero-order valence-corrected chi connectivity index (χ0v) is 12.3. The Bertz CT molecular complexity index is 510. The molecule has 7 heteroatoms. The summed E-state index contributed by atoms with van der Waals surface area (Å²) in [5.74, 6) is 0.444. The van der Waals surface area contributed by atoms with Crippen molar-refractivity contribution in [3.63, 3.8) is 0 Å². The van der Waals surface area contributed by atoms with Crippen molar-refractivity contribution in [2.75, 3.05) is 26.8 Å². The van der Waals surface area contributed by atoms with Crippen LogP contribution in [0.4, 0.5) is 0 Å². The van der Waals surface area contributed by atoms with Crippen LogP contribution >= 0.6 is 11.6 Å². The topological polar surface area (TPSA) is 59.5 Å². The van der Waals surface area contributed by atoms with Gasteiger partial charge in [0.1, 0.15) is 10.0 Å². The number of rotatable bonds is 4. The van der Waals surface area contributed by atoms with Gasteiger partial charge in [0, 0.05) is 33.0 Å². The highest BCUT2D eigenvalue weighted by atomic mass is 35.5. The highest BCUT2D eigenvalue weighted by Crippen LogP contribution is 2.23. The van der Waals surface area contributed by atoms with Gasteiger partial charge in [0.15, 0.2) is 0 Å². The van der Waals surface area contributed by atoms with E-state index in [0.717, 1.165) is 12.8 Å². The number of piperidine rings is 1. The summed E-state index contributed by atoms with van der Waals surface area (Å²) in [5, 5.41) is 0.290. The number of sulfonamides is 1. The Balaban J connectivity index is 2.07. The molecule has 106 valence electrons. The number of nitrogens with zero attached hydrogens (tertiary/aromatic N) is 2. The smallest absolute Gasteiger partial charge is 0.244 e. The molecule has 1 fully saturated rings. The van der Waals surface area contributed by atoms with Crippen LogP contribution in [0.15, 0.2) is 23.2 Å². The second-order valence-corrected chi connectivity index (χ2v) is 6.94. The maximum Gasteiger partial charge on any atom is 0.244 e. The Labute approximate surface area is 118 Å². The lowest BCUT2D eigenvalue weighted by Gasteiger charge is -2.30. The fourth-order valence-corrected chi connectivity index (χ4v) is 3.74. The molecule has 2 heterocycles. The third kappa shape index (κ3) is 3.45. The molecule has 2 rings (SSSR count). The molecule has 0 bridgehead atoms. The number of halogens is 1. The zero-order valence-electron chi connectivity index (χ0n) is 10.8. The van der Waals surface area contributed by atoms with Crippen molar-refractivity contribution >= 4 is 21.6 Å². The lowest BCUT2D eigenvalue weighted by Crippen LogP contribution is -2.39. The second kappa shape index (κ2) is 6.17. The zero-order chi connectivity index (χ0) is 13.9. The summed E-state index contributed by atoms with van der Waals surface area (Å²) in [7, 11) is -1.78. The molecule has 0 N–H and O–H groups in total. The molecule has 5 nitrogen and oxygen atoms in total. The average molecular weight is 305 g/mol. The van der Waals surface area contributed by atoms with Crippen molar-refractivity contribution in [3.05, 3.63) is 23.5 Å². The SMILES string of the molecule is COCC1CCN(S(=O)(=O)c2ccc(Cl)nc2)CC1. The minimum Gasteiger partial charge on any atom is -0.384 e. The van der Waals surface area contributed by atoms with Crippen molar-refractivity contribution in [2.45, 2.75) is 17.7 Å². The van der Waals surface area contributed by atoms with Crippen molar-refractivity contribution in [2.24, 2.45) is 5.92 Å². The van der Waals surface area contributed by atoms with Crippen LogP contribution in [0.3, 0.4) is 0 Å². The summed E-state index contributed by atoms with van der Waals surface area (Å²) in [6.07, 6.45) is 2.96. The van der Waals surface area contributed by atoms with Gasteiger partial charge in [-0.2, -0.15) is 4.31 Å². The first kappa shape index (κ1) is 14.7. The van der Waals surface area contributed by atoms with Gasteiger partial charge >= 0.3 is 0 Å². The largest absolute Gasteiger partial charge is 0.384 e. The molecule has 1 saturated heterocycles. The van der Waals surface area contributed by atoms with Gasteiger partial charge in [-0.3, -0.25) is 0 Å². The molecule has 0 amide bonds. The van der Waals surface area contributed by atoms with Gasteiger partial charge in [-0.15, -0.1) is 0 Å². The molecule has 1 aromatic rings. The van der Waals surface area contributed by atoms with Crippen LogP contribution < -0.4 is 0 Å². The molecule has 0 aliphatic carbocycles. The predicted octanol–water partition coefficient (Wildman–Crippen LogP) is 1.78. The molecular weight excluding hydrogens is 288 g/mol. The summed E-state index contributed by atoms with van der Waals surface area (Å²) >= 11 is 5.67. The monoisotopic (exact) mass is 304 g/mol. The molecule has 0 spiro atoms. The van der Waals surface area contributed by atoms with Crippen LogP contribution in [-0.2, 0) is 14.8 Å². The molecule has 0 saturated carbocycles. The Morgan fingerprint density at radius 3 is 2.63 bits per heavy atom. The Kier molecular flexibility index (Phi) is 4.78. The first-order valence-electron chi connectivity index (χ1n) is 6.14. The molecule has 0 aromatic carbocycles. The summed E-state index contributed by atoms with van der Waals surface area (Å²) in [4.78, 5) is 4.02. The van der Waals surface area contributed by atoms with Gasteiger partial charge in [0.2, 0.25) is 10.0 Å². The van der Waals surface area contributed by atoms with Gasteiger partial charge in [0.25, 0.3) is 0 Å². The molecule has 19 heavy (non-hydrogen) atoms. The van der Waals surface area contributed by atoms with E-state index in [9.17, 15) is 8.42 Å². The summed E-state index contributed by atoms with van der Waals surface area (Å²) in [5.41, 5.74) is 0. The standard InChI is InChI=1S/C12H17ClN2O3S/c1-18-9-10-4-6-15(7-5-10)19(16,17)11-2-3-12(13)14-8-11/h2-3,8,10H,4-7,9H2,1H3. The minimum atomic E-state index is -3.45. The van der Waals surface area contributed by atoms with Crippen LogP contribution in [-0.4, -0.2) is 44.5 Å². The van der Waals surface area contributed by atoms with Crippen molar-refractivity contribution < 1.29 is 13.2 Å². The molecule has 0 radical (unpaired) electrons. The number of aromatic nitrogens is 1. The van der Waals surface area contributed by atoms with E-state index >= 15 is 0 Å². The second-order valence-electron chi connectivity index (χ2n) is 4.62. The number of hydrogen-bond donors (Lipinski definition) is 0. The third-order valence-electron chi connectivity index (χ3n) is 3.31. The first-order chi connectivity index (χ1) is 9.04. The molecule has 0 atom stereocenters. The van der Waals surface area contributed by atoms with E-state index < -0.39 is 10.0 Å². The normalized spacial score (nSPS) is 18.6. The maximum atomic E-state index is 12.4. The van der Waals surface area contributed by atoms with Gasteiger partial charge < -0.3 is 4.74 Å². The van der Waals surface area contributed by atoms with Crippen LogP contribution in [0.2, 0.25) is 5.15 Å². The van der Waals surface area contributed by atoms with E-state index in [1.54, 1.807) is 7.11 Å². The predicted molar refractivity (Wildman–Crippen MR) is 72.6 cm³/mol. The third-order valence-corrected chi connectivity index (χ3v) is 5.42. The Morgan fingerprint density at radius 1 is 1.42 bits per heavy atom. The molecule has 0 unspecified atom stereocenters. The van der Waals surface area contributed by atoms with E-state index in [4.69, 9.17) is 16.3 Å². The van der Waals surface area contributed by atoms with Crippen molar-refractivity contribution in [1.29, 1.82) is 0 Å². The highest BCUT2D eigenvalue weighted by Gasteiger charge is 2.29. The van der Waals surface area contributed by atoms with E-state index in [1.807, 2.05) is 0 Å². The van der Waals surface area contributed by atoms with Crippen LogP contribution in [0.5, 0.6) is 0 Å². The lowest BCUT2D eigenvalue weighted by molar-refractivity contribution is 0.121. The van der Waals surface area contributed by atoms with Crippen LogP contribution in [0.25, 0.3) is 0 Å². The van der Waals surface area contributed by atoms with Gasteiger partial charge in [-0.05, 0) is 30.9 Å². The number of ether oxygens (including phenoxy) is 1. The van der Waals surface area contributed by atoms with E-state index in [2.05, 4.69) is 4.98 Å². The number of pyridine rings is 1. The quantitative estimate of drug-likeness (QED) is 0.796. The van der Waals surface area contributed by atoms with Crippen LogP contribution in [0, 0.1) is 5.92 Å². The molecule has 1 aromatic heterocycles. The fourth-order valence-electron chi connectivity index (χ4n) is 2.22. The average Bonchev–Trinajstić information content (AvgIpc) is 2.40. The molecular formula is C12H17ClN2O3S. The van der Waals surface area contributed by atoms with E-state index in [1.165, 1.54) is 22.6 Å². The number of methoxy groups -OCH3 is 1.